The van der Waals surface area contributed by atoms with Crippen LogP contribution in [0, 0.1) is 11.8 Å². The number of nitrogens with zero attached hydrogens (tertiary/aromatic N) is 3. The molecule has 0 aliphatic heterocycles. The Kier molecular flexibility index (Phi) is 5.13. The van der Waals surface area contributed by atoms with Gasteiger partial charge in [0.05, 0.1) is 5.56 Å². The van der Waals surface area contributed by atoms with Crippen LogP contribution in [0.25, 0.3) is 11.4 Å². The molecule has 2 saturated carbocycles. The number of hydrogen-bond acceptors (Lipinski definition) is 5. The average molecular weight is 368 g/mol. The molecular formula is C19H24N6O2. The van der Waals surface area contributed by atoms with Gasteiger partial charge in [0.15, 0.2) is 0 Å². The van der Waals surface area contributed by atoms with E-state index in [2.05, 4.69) is 31.3 Å². The zero-order valence-corrected chi connectivity index (χ0v) is 15.1. The van der Waals surface area contributed by atoms with Crippen LogP contribution >= 0.6 is 0 Å². The van der Waals surface area contributed by atoms with Crippen LogP contribution in [0.5, 0.6) is 0 Å². The highest BCUT2D eigenvalue weighted by atomic mass is 16.2. The zero-order valence-electron chi connectivity index (χ0n) is 15.1. The topological polar surface area (TPSA) is 113 Å². The summed E-state index contributed by atoms with van der Waals surface area (Å²) in [5.41, 5.74) is 1.20. The standard InChI is InChI=1S/C19H24N6O2/c26-18(13-8-9-13)20-11-12-4-3-5-14(10-12)21-19(27)16-7-2-1-6-15(16)17-22-24-25-23-17/h1-2,6-7,12-14H,3-5,8-11H2,(H,20,26)(H,21,27)(H,22,23,24,25)/t12-,14+/m1/s1. The number of H-pyrrole nitrogens is 1. The van der Waals surface area contributed by atoms with Crippen molar-refractivity contribution in [1.82, 2.24) is 31.3 Å². The van der Waals surface area contributed by atoms with Crippen LogP contribution in [-0.4, -0.2) is 45.0 Å². The number of aromatic amines is 1. The van der Waals surface area contributed by atoms with Gasteiger partial charge < -0.3 is 10.6 Å². The Morgan fingerprint density at radius 1 is 1.15 bits per heavy atom. The maximum absolute atomic E-state index is 12.8. The van der Waals surface area contributed by atoms with E-state index in [9.17, 15) is 9.59 Å². The Balaban J connectivity index is 1.36. The summed E-state index contributed by atoms with van der Waals surface area (Å²) in [6.45, 7) is 0.709. The van der Waals surface area contributed by atoms with Crippen LogP contribution in [0.3, 0.4) is 0 Å². The smallest absolute Gasteiger partial charge is 0.252 e. The molecule has 27 heavy (non-hydrogen) atoms. The van der Waals surface area contributed by atoms with Crippen LogP contribution in [0.15, 0.2) is 24.3 Å². The Hall–Kier alpha value is -2.77. The summed E-state index contributed by atoms with van der Waals surface area (Å²) in [6, 6.07) is 7.39. The lowest BCUT2D eigenvalue weighted by molar-refractivity contribution is -0.122. The maximum Gasteiger partial charge on any atom is 0.252 e. The van der Waals surface area contributed by atoms with Gasteiger partial charge in [0, 0.05) is 24.1 Å². The van der Waals surface area contributed by atoms with Gasteiger partial charge >= 0.3 is 0 Å². The summed E-state index contributed by atoms with van der Waals surface area (Å²) >= 11 is 0. The van der Waals surface area contributed by atoms with Gasteiger partial charge in [-0.1, -0.05) is 24.6 Å². The van der Waals surface area contributed by atoms with E-state index in [4.69, 9.17) is 0 Å². The largest absolute Gasteiger partial charge is 0.356 e. The third kappa shape index (κ3) is 4.32. The highest BCUT2D eigenvalue weighted by Gasteiger charge is 2.30. The first-order valence-corrected chi connectivity index (χ1v) is 9.62. The third-order valence-corrected chi connectivity index (χ3v) is 5.39. The second kappa shape index (κ2) is 7.85. The van der Waals surface area contributed by atoms with E-state index in [-0.39, 0.29) is 23.8 Å². The molecule has 0 spiro atoms. The number of carbonyl (C=O) groups excluding carboxylic acids is 2. The highest BCUT2D eigenvalue weighted by molar-refractivity contribution is 6.00. The minimum absolute atomic E-state index is 0.118. The van der Waals surface area contributed by atoms with Crippen molar-refractivity contribution in [3.63, 3.8) is 0 Å². The molecule has 8 heteroatoms. The molecule has 0 saturated heterocycles. The summed E-state index contributed by atoms with van der Waals surface area (Å²) < 4.78 is 0. The molecule has 2 aliphatic carbocycles. The lowest BCUT2D eigenvalue weighted by Gasteiger charge is -2.30. The van der Waals surface area contributed by atoms with Crippen LogP contribution < -0.4 is 10.6 Å². The lowest BCUT2D eigenvalue weighted by atomic mass is 9.85. The van der Waals surface area contributed by atoms with Gasteiger partial charge in [-0.2, -0.15) is 5.21 Å². The van der Waals surface area contributed by atoms with Gasteiger partial charge in [-0.3, -0.25) is 9.59 Å². The SMILES string of the molecule is O=C(N[C@H]1CCC[C@@H](CNC(=O)C2CC2)C1)c1ccccc1-c1nn[nH]n1. The fraction of sp³-hybridized carbons (Fsp3) is 0.526. The van der Waals surface area contributed by atoms with E-state index in [1.807, 2.05) is 18.2 Å². The number of benzene rings is 1. The second-order valence-electron chi connectivity index (χ2n) is 7.50. The number of tetrazole rings is 1. The van der Waals surface area contributed by atoms with Crippen molar-refractivity contribution in [3.8, 4) is 11.4 Å². The van der Waals surface area contributed by atoms with Crippen molar-refractivity contribution in [1.29, 1.82) is 0 Å². The molecular weight excluding hydrogens is 344 g/mol. The van der Waals surface area contributed by atoms with E-state index < -0.39 is 0 Å². The number of amides is 2. The molecule has 2 aliphatic rings. The average Bonchev–Trinajstić information content (AvgIpc) is 3.41. The van der Waals surface area contributed by atoms with Crippen molar-refractivity contribution in [3.05, 3.63) is 29.8 Å². The van der Waals surface area contributed by atoms with Crippen LogP contribution in [0.2, 0.25) is 0 Å². The monoisotopic (exact) mass is 368 g/mol. The normalized spacial score (nSPS) is 22.2. The summed E-state index contributed by atoms with van der Waals surface area (Å²) in [6.07, 6.45) is 6.05. The molecule has 0 unspecified atom stereocenters. The molecule has 3 N–H and O–H groups in total. The van der Waals surface area contributed by atoms with Gasteiger partial charge in [0.25, 0.3) is 5.91 Å². The lowest BCUT2D eigenvalue weighted by Crippen LogP contribution is -2.41. The van der Waals surface area contributed by atoms with Crippen molar-refractivity contribution >= 4 is 11.8 Å². The van der Waals surface area contributed by atoms with Crippen molar-refractivity contribution in [2.45, 2.75) is 44.6 Å². The summed E-state index contributed by atoms with van der Waals surface area (Å²) in [7, 11) is 0. The van der Waals surface area contributed by atoms with Crippen LogP contribution in [0.4, 0.5) is 0 Å². The predicted molar refractivity (Wildman–Crippen MR) is 98.6 cm³/mol. The van der Waals surface area contributed by atoms with Crippen molar-refractivity contribution < 1.29 is 9.59 Å². The minimum Gasteiger partial charge on any atom is -0.356 e. The first-order valence-electron chi connectivity index (χ1n) is 9.62. The first-order chi connectivity index (χ1) is 13.2. The number of carbonyl (C=O) groups is 2. The fourth-order valence-electron chi connectivity index (χ4n) is 3.76. The molecule has 1 heterocycles. The van der Waals surface area contributed by atoms with Crippen molar-refractivity contribution in [2.24, 2.45) is 11.8 Å². The molecule has 142 valence electrons. The van der Waals surface area contributed by atoms with Crippen LogP contribution in [0.1, 0.15) is 48.9 Å². The molecule has 2 amide bonds. The number of hydrogen-bond donors (Lipinski definition) is 3. The van der Waals surface area contributed by atoms with Crippen LogP contribution in [-0.2, 0) is 4.79 Å². The molecule has 4 rings (SSSR count). The Bertz CT molecular complexity index is 802. The van der Waals surface area contributed by atoms with E-state index in [1.54, 1.807) is 6.07 Å². The number of aromatic nitrogens is 4. The molecule has 2 atom stereocenters. The predicted octanol–water partition coefficient (Wildman–Crippen LogP) is 1.68. The van der Waals surface area contributed by atoms with E-state index in [0.29, 0.717) is 29.4 Å². The number of nitrogens with one attached hydrogen (secondary N) is 3. The maximum atomic E-state index is 12.8. The zero-order chi connectivity index (χ0) is 18.6. The third-order valence-electron chi connectivity index (χ3n) is 5.39. The number of rotatable bonds is 6. The molecule has 0 radical (unpaired) electrons. The highest BCUT2D eigenvalue weighted by Crippen LogP contribution is 2.29. The molecule has 1 aromatic heterocycles. The minimum atomic E-state index is -0.122. The van der Waals surface area contributed by atoms with Crippen molar-refractivity contribution in [2.75, 3.05) is 6.54 Å². The van der Waals surface area contributed by atoms with Gasteiger partial charge in [-0.05, 0) is 49.3 Å². The Morgan fingerprint density at radius 2 is 2.00 bits per heavy atom. The Labute approximate surface area is 157 Å². The van der Waals surface area contributed by atoms with Gasteiger partial charge in [0.2, 0.25) is 11.7 Å². The Morgan fingerprint density at radius 3 is 2.78 bits per heavy atom. The van der Waals surface area contributed by atoms with Gasteiger partial charge in [-0.15, -0.1) is 10.2 Å². The molecule has 2 fully saturated rings. The molecule has 1 aromatic carbocycles. The molecule has 0 bridgehead atoms. The summed E-state index contributed by atoms with van der Waals surface area (Å²) in [4.78, 5) is 24.7. The van der Waals surface area contributed by atoms with E-state index in [1.165, 1.54) is 0 Å². The quantitative estimate of drug-likeness (QED) is 0.718. The second-order valence-corrected chi connectivity index (χ2v) is 7.50. The summed E-state index contributed by atoms with van der Waals surface area (Å²) in [5.74, 6) is 1.13. The molecule has 8 nitrogen and oxygen atoms in total. The van der Waals surface area contributed by atoms with Gasteiger partial charge in [-0.25, -0.2) is 0 Å². The first kappa shape index (κ1) is 17.6. The van der Waals surface area contributed by atoms with E-state index >= 15 is 0 Å². The fourth-order valence-corrected chi connectivity index (χ4v) is 3.76. The molecule has 2 aromatic rings. The van der Waals surface area contributed by atoms with Gasteiger partial charge in [0.1, 0.15) is 0 Å². The summed E-state index contributed by atoms with van der Waals surface area (Å²) in [5, 5.41) is 20.2. The van der Waals surface area contributed by atoms with E-state index in [0.717, 1.165) is 38.5 Å².